The van der Waals surface area contributed by atoms with Gasteiger partial charge < -0.3 is 5.73 Å². The highest BCUT2D eigenvalue weighted by atomic mass is 35.5. The van der Waals surface area contributed by atoms with Crippen LogP contribution < -0.4 is 5.73 Å². The molecule has 0 radical (unpaired) electrons. The molecule has 0 saturated carbocycles. The molecule has 0 aromatic heterocycles. The van der Waals surface area contributed by atoms with E-state index in [9.17, 15) is 0 Å². The van der Waals surface area contributed by atoms with Crippen molar-refractivity contribution in [2.75, 3.05) is 0 Å². The van der Waals surface area contributed by atoms with Crippen molar-refractivity contribution in [3.63, 3.8) is 0 Å². The van der Waals surface area contributed by atoms with Crippen molar-refractivity contribution in [1.29, 1.82) is 0 Å². The van der Waals surface area contributed by atoms with Crippen LogP contribution >= 0.6 is 11.6 Å². The van der Waals surface area contributed by atoms with Crippen LogP contribution in [0.15, 0.2) is 48.5 Å². The van der Waals surface area contributed by atoms with Crippen molar-refractivity contribution in [3.05, 3.63) is 70.2 Å². The SMILES string of the molecule is CC(C)Cc1cccc(C(C)(N)c2ccccc2Cl)c1. The van der Waals surface area contributed by atoms with Crippen molar-refractivity contribution in [3.8, 4) is 0 Å². The first-order chi connectivity index (χ1) is 9.41. The average Bonchev–Trinajstić information content (AvgIpc) is 2.38. The zero-order chi connectivity index (χ0) is 14.8. The van der Waals surface area contributed by atoms with E-state index < -0.39 is 5.54 Å². The summed E-state index contributed by atoms with van der Waals surface area (Å²) in [5.41, 5.74) is 9.38. The molecule has 0 fully saturated rings. The summed E-state index contributed by atoms with van der Waals surface area (Å²) >= 11 is 6.30. The molecule has 1 unspecified atom stereocenters. The summed E-state index contributed by atoms with van der Waals surface area (Å²) in [6.45, 7) is 6.47. The van der Waals surface area contributed by atoms with E-state index >= 15 is 0 Å². The van der Waals surface area contributed by atoms with Gasteiger partial charge >= 0.3 is 0 Å². The van der Waals surface area contributed by atoms with E-state index in [-0.39, 0.29) is 0 Å². The van der Waals surface area contributed by atoms with Gasteiger partial charge in [-0.05, 0) is 42.0 Å². The van der Waals surface area contributed by atoms with E-state index in [0.29, 0.717) is 10.9 Å². The van der Waals surface area contributed by atoms with Crippen LogP contribution in [-0.2, 0) is 12.0 Å². The Morgan fingerprint density at radius 3 is 2.45 bits per heavy atom. The number of nitrogens with two attached hydrogens (primary N) is 1. The van der Waals surface area contributed by atoms with Crippen molar-refractivity contribution < 1.29 is 0 Å². The molecule has 0 spiro atoms. The Kier molecular flexibility index (Phi) is 4.52. The molecular weight excluding hydrogens is 266 g/mol. The Hall–Kier alpha value is -1.31. The Morgan fingerprint density at radius 2 is 1.80 bits per heavy atom. The summed E-state index contributed by atoms with van der Waals surface area (Å²) in [5.74, 6) is 0.634. The molecule has 1 atom stereocenters. The van der Waals surface area contributed by atoms with Crippen LogP contribution in [0.3, 0.4) is 0 Å². The quantitative estimate of drug-likeness (QED) is 0.862. The van der Waals surface area contributed by atoms with Crippen LogP contribution in [0.25, 0.3) is 0 Å². The Labute approximate surface area is 126 Å². The summed E-state index contributed by atoms with van der Waals surface area (Å²) in [4.78, 5) is 0. The third kappa shape index (κ3) is 3.23. The van der Waals surface area contributed by atoms with Gasteiger partial charge in [0.25, 0.3) is 0 Å². The molecule has 2 rings (SSSR count). The molecule has 0 bridgehead atoms. The van der Waals surface area contributed by atoms with Crippen LogP contribution in [0, 0.1) is 5.92 Å². The standard InChI is InChI=1S/C18H22ClN/c1-13(2)11-14-7-6-8-15(12-14)18(3,20)16-9-4-5-10-17(16)19/h4-10,12-13H,11,20H2,1-3H3. The monoisotopic (exact) mass is 287 g/mol. The normalized spacial score (nSPS) is 14.3. The summed E-state index contributed by atoms with van der Waals surface area (Å²) in [6.07, 6.45) is 1.06. The average molecular weight is 288 g/mol. The largest absolute Gasteiger partial charge is 0.318 e. The first-order valence-corrected chi connectivity index (χ1v) is 7.42. The molecule has 0 amide bonds. The molecule has 20 heavy (non-hydrogen) atoms. The van der Waals surface area contributed by atoms with Crippen LogP contribution in [0.1, 0.15) is 37.5 Å². The molecule has 0 aliphatic heterocycles. The molecule has 2 heteroatoms. The fraction of sp³-hybridized carbons (Fsp3) is 0.333. The fourth-order valence-electron chi connectivity index (χ4n) is 2.53. The van der Waals surface area contributed by atoms with Gasteiger partial charge in [0.15, 0.2) is 0 Å². The molecule has 0 heterocycles. The van der Waals surface area contributed by atoms with Gasteiger partial charge in [-0.1, -0.05) is 67.9 Å². The maximum Gasteiger partial charge on any atom is 0.0651 e. The van der Waals surface area contributed by atoms with Crippen molar-refractivity contribution in [1.82, 2.24) is 0 Å². The van der Waals surface area contributed by atoms with Crippen LogP contribution in [0.5, 0.6) is 0 Å². The van der Waals surface area contributed by atoms with E-state index in [2.05, 4.69) is 38.1 Å². The van der Waals surface area contributed by atoms with E-state index in [1.807, 2.05) is 31.2 Å². The minimum absolute atomic E-state index is 0.578. The zero-order valence-electron chi connectivity index (χ0n) is 12.4. The highest BCUT2D eigenvalue weighted by Crippen LogP contribution is 2.32. The molecule has 1 nitrogen and oxygen atoms in total. The molecule has 2 N–H and O–H groups in total. The molecule has 0 aliphatic carbocycles. The smallest absolute Gasteiger partial charge is 0.0651 e. The Morgan fingerprint density at radius 1 is 1.10 bits per heavy atom. The second-order valence-corrected chi connectivity index (χ2v) is 6.39. The number of benzene rings is 2. The van der Waals surface area contributed by atoms with Crippen LogP contribution in [0.2, 0.25) is 5.02 Å². The molecule has 2 aromatic carbocycles. The van der Waals surface area contributed by atoms with E-state index in [1.165, 1.54) is 5.56 Å². The third-order valence-electron chi connectivity index (χ3n) is 3.60. The molecule has 2 aromatic rings. The first-order valence-electron chi connectivity index (χ1n) is 7.04. The van der Waals surface area contributed by atoms with Gasteiger partial charge in [-0.3, -0.25) is 0 Å². The minimum atomic E-state index is -0.578. The van der Waals surface area contributed by atoms with Gasteiger partial charge in [0.2, 0.25) is 0 Å². The lowest BCUT2D eigenvalue weighted by Crippen LogP contribution is -2.34. The topological polar surface area (TPSA) is 26.0 Å². The summed E-state index contributed by atoms with van der Waals surface area (Å²) in [5, 5.41) is 0.715. The van der Waals surface area contributed by atoms with Crippen LogP contribution in [0.4, 0.5) is 0 Å². The van der Waals surface area contributed by atoms with E-state index in [0.717, 1.165) is 17.5 Å². The van der Waals surface area contributed by atoms with E-state index in [1.54, 1.807) is 0 Å². The maximum absolute atomic E-state index is 6.58. The lowest BCUT2D eigenvalue weighted by atomic mass is 9.84. The van der Waals surface area contributed by atoms with Crippen molar-refractivity contribution >= 4 is 11.6 Å². The predicted molar refractivity (Wildman–Crippen MR) is 87.1 cm³/mol. The van der Waals surface area contributed by atoms with Gasteiger partial charge in [-0.25, -0.2) is 0 Å². The van der Waals surface area contributed by atoms with Gasteiger partial charge in [-0.15, -0.1) is 0 Å². The second-order valence-electron chi connectivity index (χ2n) is 5.98. The second kappa shape index (κ2) is 5.99. The van der Waals surface area contributed by atoms with Crippen LogP contribution in [-0.4, -0.2) is 0 Å². The number of halogens is 1. The number of hydrogen-bond acceptors (Lipinski definition) is 1. The highest BCUT2D eigenvalue weighted by Gasteiger charge is 2.26. The predicted octanol–water partition coefficient (Wildman–Crippen LogP) is 4.76. The van der Waals surface area contributed by atoms with Crippen molar-refractivity contribution in [2.24, 2.45) is 11.7 Å². The molecule has 106 valence electrons. The maximum atomic E-state index is 6.58. The zero-order valence-corrected chi connectivity index (χ0v) is 13.1. The van der Waals surface area contributed by atoms with Gasteiger partial charge in [0, 0.05) is 5.02 Å². The summed E-state index contributed by atoms with van der Waals surface area (Å²) < 4.78 is 0. The van der Waals surface area contributed by atoms with Crippen molar-refractivity contribution in [2.45, 2.75) is 32.7 Å². The number of rotatable bonds is 4. The lowest BCUT2D eigenvalue weighted by Gasteiger charge is -2.27. The van der Waals surface area contributed by atoms with E-state index in [4.69, 9.17) is 17.3 Å². The molecule has 0 saturated heterocycles. The third-order valence-corrected chi connectivity index (χ3v) is 3.93. The molecular formula is C18H22ClN. The molecule has 0 aliphatic rings. The fourth-order valence-corrected chi connectivity index (χ4v) is 2.86. The van der Waals surface area contributed by atoms with Gasteiger partial charge in [-0.2, -0.15) is 0 Å². The van der Waals surface area contributed by atoms with Gasteiger partial charge in [0.1, 0.15) is 0 Å². The summed E-state index contributed by atoms with van der Waals surface area (Å²) in [7, 11) is 0. The minimum Gasteiger partial charge on any atom is -0.318 e. The van der Waals surface area contributed by atoms with Gasteiger partial charge in [0.05, 0.1) is 5.54 Å². The lowest BCUT2D eigenvalue weighted by molar-refractivity contribution is 0.598. The highest BCUT2D eigenvalue weighted by molar-refractivity contribution is 6.31. The Balaban J connectivity index is 2.41. The number of hydrogen-bond donors (Lipinski definition) is 1. The first kappa shape index (κ1) is 15.1. The Bertz CT molecular complexity index is 587. The summed E-state index contributed by atoms with van der Waals surface area (Å²) in [6, 6.07) is 16.3.